The minimum atomic E-state index is -2.20. The zero-order valence-electron chi connectivity index (χ0n) is 27.0. The zero-order valence-corrected chi connectivity index (χ0v) is 31.6. The number of hydrogen-bond donors (Lipinski definition) is 0. The zero-order chi connectivity index (χ0) is 27.7. The number of hydrogen-bond acceptors (Lipinski definition) is 0. The van der Waals surface area contributed by atoms with Gasteiger partial charge in [-0.2, -0.15) is 0 Å². The molecule has 38 heavy (non-hydrogen) atoms. The van der Waals surface area contributed by atoms with Crippen LogP contribution in [0.25, 0.3) is 0 Å². The first kappa shape index (κ1) is 36.8. The topological polar surface area (TPSA) is 0 Å². The van der Waals surface area contributed by atoms with Gasteiger partial charge < -0.3 is 0 Å². The molecule has 1 aromatic rings. The summed E-state index contributed by atoms with van der Waals surface area (Å²) in [6, 6.07) is 2.86. The molecule has 0 spiro atoms. The molecule has 0 aliphatic carbocycles. The summed E-state index contributed by atoms with van der Waals surface area (Å²) in [4.78, 5) is 2.78. The van der Waals surface area contributed by atoms with E-state index in [9.17, 15) is 0 Å². The third-order valence-corrected chi connectivity index (χ3v) is 33.3. The second kappa shape index (κ2) is 25.5. The maximum absolute atomic E-state index is 2.86. The van der Waals surface area contributed by atoms with Gasteiger partial charge in [0.1, 0.15) is 0 Å². The van der Waals surface area contributed by atoms with Crippen molar-refractivity contribution in [3.8, 4) is 0 Å². The molecule has 0 nitrogen and oxygen atoms in total. The minimum absolute atomic E-state index is 0.698. The molecule has 0 N–H and O–H groups in total. The molecule has 2 heteroatoms. The summed E-state index contributed by atoms with van der Waals surface area (Å²) in [5, 5.41) is 0. The molecule has 0 aromatic carbocycles. The fraction of sp³-hybridized carbons (Fsp3) is 0.889. The Labute approximate surface area is 251 Å². The SMILES string of the molecule is CCCCCCCCCCC(CCCCCCCC)Cc1c[se][c]([Sn]([CH2]CCC)([CH2]CCC)[CH2]CCC)c1. The first-order chi connectivity index (χ1) is 18.7. The first-order valence-electron chi connectivity index (χ1n) is 17.7. The number of rotatable bonds is 28. The van der Waals surface area contributed by atoms with Crippen LogP contribution >= 0.6 is 0 Å². The van der Waals surface area contributed by atoms with Gasteiger partial charge in [-0.05, 0) is 0 Å². The Morgan fingerprint density at radius 3 is 1.34 bits per heavy atom. The van der Waals surface area contributed by atoms with E-state index in [4.69, 9.17) is 0 Å². The van der Waals surface area contributed by atoms with Gasteiger partial charge in [0.25, 0.3) is 0 Å². The van der Waals surface area contributed by atoms with Crippen LogP contribution < -0.4 is 2.45 Å². The molecule has 0 aliphatic heterocycles. The van der Waals surface area contributed by atoms with Crippen LogP contribution in [0.4, 0.5) is 0 Å². The van der Waals surface area contributed by atoms with E-state index in [2.05, 4.69) is 48.1 Å². The van der Waals surface area contributed by atoms with Crippen molar-refractivity contribution >= 4 is 35.3 Å². The Kier molecular flexibility index (Phi) is 24.7. The molecule has 0 aliphatic rings. The van der Waals surface area contributed by atoms with Crippen molar-refractivity contribution in [3.05, 3.63) is 16.6 Å². The van der Waals surface area contributed by atoms with Gasteiger partial charge in [0.2, 0.25) is 0 Å². The molecule has 1 atom stereocenters. The molecular weight excluding hydrogens is 630 g/mol. The summed E-state index contributed by atoms with van der Waals surface area (Å²) in [5.41, 5.74) is 1.79. The Bertz CT molecular complexity index is 599. The average Bonchev–Trinajstić information content (AvgIpc) is 3.40. The van der Waals surface area contributed by atoms with Gasteiger partial charge in [0.15, 0.2) is 0 Å². The van der Waals surface area contributed by atoms with E-state index in [0.717, 1.165) is 5.92 Å². The summed E-state index contributed by atoms with van der Waals surface area (Å²) >= 11 is -1.50. The van der Waals surface area contributed by atoms with E-state index in [1.807, 2.05) is 0 Å². The normalized spacial score (nSPS) is 12.9. The Morgan fingerprint density at radius 1 is 0.526 bits per heavy atom. The van der Waals surface area contributed by atoms with E-state index >= 15 is 0 Å². The van der Waals surface area contributed by atoms with Crippen LogP contribution in [0.1, 0.15) is 181 Å². The van der Waals surface area contributed by atoms with Crippen molar-refractivity contribution in [2.75, 3.05) is 0 Å². The standard InChI is InChI=1S/C24H43Se.3C4H9.Sn/c1-3-5-7-9-11-12-14-16-18-23(21-24-19-20-25-22-24)17-15-13-10-8-6-4-2;3*1-3-4-2;/h19,22-23H,3-18,21H2,1-2H3;3*1,3-4H2,2H3;. The quantitative estimate of drug-likeness (QED) is 0.0603. The Morgan fingerprint density at radius 2 is 0.921 bits per heavy atom. The molecule has 0 saturated heterocycles. The van der Waals surface area contributed by atoms with Gasteiger partial charge in [-0.15, -0.1) is 0 Å². The predicted molar refractivity (Wildman–Crippen MR) is 180 cm³/mol. The van der Waals surface area contributed by atoms with Crippen LogP contribution in [0.15, 0.2) is 11.0 Å². The third-order valence-electron chi connectivity index (χ3n) is 9.16. The molecule has 0 amide bonds. The molecule has 0 saturated carbocycles. The van der Waals surface area contributed by atoms with Crippen molar-refractivity contribution in [3.63, 3.8) is 0 Å². The Balaban J connectivity index is 2.78. The fourth-order valence-electron chi connectivity index (χ4n) is 6.51. The molecule has 1 heterocycles. The van der Waals surface area contributed by atoms with Crippen LogP contribution in [-0.4, -0.2) is 32.9 Å². The van der Waals surface area contributed by atoms with Gasteiger partial charge in [0.05, 0.1) is 0 Å². The molecule has 1 unspecified atom stereocenters. The Hall–Kier alpha value is 0.798. The van der Waals surface area contributed by atoms with Crippen molar-refractivity contribution in [1.29, 1.82) is 0 Å². The van der Waals surface area contributed by atoms with Gasteiger partial charge >= 0.3 is 240 Å². The van der Waals surface area contributed by atoms with Crippen molar-refractivity contribution in [1.82, 2.24) is 0 Å². The van der Waals surface area contributed by atoms with Crippen LogP contribution in [0.5, 0.6) is 0 Å². The maximum atomic E-state index is 2.86. The van der Waals surface area contributed by atoms with E-state index < -0.39 is 18.4 Å². The fourth-order valence-corrected chi connectivity index (χ4v) is 31.8. The summed E-state index contributed by atoms with van der Waals surface area (Å²) in [6.45, 7) is 11.9. The van der Waals surface area contributed by atoms with Crippen LogP contribution in [0, 0.1) is 5.92 Å². The second-order valence-electron chi connectivity index (χ2n) is 12.8. The van der Waals surface area contributed by atoms with E-state index in [1.54, 1.807) is 18.9 Å². The second-order valence-corrected chi connectivity index (χ2v) is 30.2. The predicted octanol–water partition coefficient (Wildman–Crippen LogP) is 12.2. The summed E-state index contributed by atoms with van der Waals surface area (Å²) < 4.78 is 7.06. The molecule has 224 valence electrons. The molecular formula is C36H70SeSn. The van der Waals surface area contributed by atoms with Gasteiger partial charge in [-0.1, -0.05) is 13.3 Å². The van der Waals surface area contributed by atoms with E-state index in [1.165, 1.54) is 148 Å². The van der Waals surface area contributed by atoms with Crippen LogP contribution in [0.2, 0.25) is 13.3 Å². The van der Waals surface area contributed by atoms with E-state index in [0.29, 0.717) is 14.5 Å². The van der Waals surface area contributed by atoms with Crippen molar-refractivity contribution in [2.45, 2.75) is 196 Å². The molecule has 0 radical (unpaired) electrons. The molecule has 0 bridgehead atoms. The number of unbranched alkanes of at least 4 members (excludes halogenated alkanes) is 15. The van der Waals surface area contributed by atoms with Gasteiger partial charge in [-0.25, -0.2) is 0 Å². The van der Waals surface area contributed by atoms with Gasteiger partial charge in [-0.3, -0.25) is 0 Å². The average molecular weight is 701 g/mol. The van der Waals surface area contributed by atoms with Crippen LogP contribution in [0.3, 0.4) is 0 Å². The summed E-state index contributed by atoms with van der Waals surface area (Å²) in [6.07, 6.45) is 33.5. The molecule has 0 fully saturated rings. The summed E-state index contributed by atoms with van der Waals surface area (Å²) in [5.74, 6) is 0.949. The summed E-state index contributed by atoms with van der Waals surface area (Å²) in [7, 11) is 0. The monoisotopic (exact) mass is 702 g/mol. The first-order valence-corrected chi connectivity index (χ1v) is 27.1. The van der Waals surface area contributed by atoms with Crippen LogP contribution in [-0.2, 0) is 6.42 Å². The van der Waals surface area contributed by atoms with Gasteiger partial charge in [0, 0.05) is 0 Å². The molecule has 1 aromatic heterocycles. The van der Waals surface area contributed by atoms with E-state index in [-0.39, 0.29) is 0 Å². The van der Waals surface area contributed by atoms with Crippen molar-refractivity contribution in [2.24, 2.45) is 5.92 Å². The molecule has 1 rings (SSSR count). The third kappa shape index (κ3) is 16.9. The van der Waals surface area contributed by atoms with Crippen molar-refractivity contribution < 1.29 is 0 Å².